The molecule has 1 aromatic rings. The molecule has 0 aromatic heterocycles. The second-order valence-corrected chi connectivity index (χ2v) is 5.90. The van der Waals surface area contributed by atoms with Gasteiger partial charge in [-0.05, 0) is 30.5 Å². The molecule has 0 aliphatic heterocycles. The molecule has 6 heteroatoms. The molecule has 0 fully saturated rings. The fourth-order valence-corrected chi connectivity index (χ4v) is 2.12. The van der Waals surface area contributed by atoms with Crippen LogP contribution in [-0.4, -0.2) is 19.5 Å². The van der Waals surface area contributed by atoms with Gasteiger partial charge >= 0.3 is 5.97 Å². The lowest BCUT2D eigenvalue weighted by Crippen LogP contribution is -1.97. The maximum absolute atomic E-state index is 11.0. The molecule has 0 bridgehead atoms. The van der Waals surface area contributed by atoms with E-state index in [2.05, 4.69) is 0 Å². The van der Waals surface area contributed by atoms with Gasteiger partial charge in [0.05, 0.1) is 4.90 Å². The van der Waals surface area contributed by atoms with E-state index in [0.717, 1.165) is 5.56 Å². The van der Waals surface area contributed by atoms with E-state index in [-0.39, 0.29) is 11.3 Å². The number of rotatable bonds is 5. The number of hydrogen-bond donors (Lipinski definition) is 1. The van der Waals surface area contributed by atoms with Crippen LogP contribution in [0.25, 0.3) is 0 Å². The summed E-state index contributed by atoms with van der Waals surface area (Å²) in [5, 5.41) is 8.46. The van der Waals surface area contributed by atoms with Gasteiger partial charge in [-0.25, -0.2) is 8.42 Å². The van der Waals surface area contributed by atoms with Crippen molar-refractivity contribution in [2.75, 3.05) is 0 Å². The molecule has 0 heterocycles. The number of halogens is 1. The molecule has 0 atom stereocenters. The number of aryl methyl sites for hydroxylation is 1. The lowest BCUT2D eigenvalue weighted by atomic mass is 10.1. The van der Waals surface area contributed by atoms with Gasteiger partial charge in [0, 0.05) is 17.1 Å². The Kier molecular flexibility index (Phi) is 4.32. The summed E-state index contributed by atoms with van der Waals surface area (Å²) in [5.41, 5.74) is 0.767. The normalized spacial score (nSPS) is 11.3. The molecule has 1 N–H and O–H groups in total. The molecule has 0 unspecified atom stereocenters. The van der Waals surface area contributed by atoms with Gasteiger partial charge in [0.2, 0.25) is 0 Å². The van der Waals surface area contributed by atoms with Crippen molar-refractivity contribution in [1.82, 2.24) is 0 Å². The molecule has 0 saturated heterocycles. The maximum atomic E-state index is 11.0. The van der Waals surface area contributed by atoms with Crippen molar-refractivity contribution in [1.29, 1.82) is 0 Å². The van der Waals surface area contributed by atoms with Gasteiger partial charge in [-0.1, -0.05) is 12.1 Å². The minimum Gasteiger partial charge on any atom is -0.481 e. The van der Waals surface area contributed by atoms with E-state index >= 15 is 0 Å². The van der Waals surface area contributed by atoms with Crippen LogP contribution in [0.3, 0.4) is 0 Å². The molecule has 0 aliphatic carbocycles. The van der Waals surface area contributed by atoms with Crippen molar-refractivity contribution in [3.8, 4) is 0 Å². The molecule has 0 aliphatic rings. The van der Waals surface area contributed by atoms with Crippen molar-refractivity contribution in [3.63, 3.8) is 0 Å². The standard InChI is InChI=1S/C10H11ClO4S/c11-16(14,15)9-5-1-3-8(7-9)4-2-6-10(12)13/h1,3,5,7H,2,4,6H2,(H,12,13). The van der Waals surface area contributed by atoms with Crippen molar-refractivity contribution < 1.29 is 18.3 Å². The highest BCUT2D eigenvalue weighted by Gasteiger charge is 2.09. The third kappa shape index (κ3) is 4.20. The summed E-state index contributed by atoms with van der Waals surface area (Å²) in [5.74, 6) is -0.860. The van der Waals surface area contributed by atoms with Gasteiger partial charge in [-0.15, -0.1) is 0 Å². The average molecular weight is 263 g/mol. The van der Waals surface area contributed by atoms with Crippen molar-refractivity contribution in [2.24, 2.45) is 0 Å². The summed E-state index contributed by atoms with van der Waals surface area (Å²) in [6.07, 6.45) is 1.06. The maximum Gasteiger partial charge on any atom is 0.303 e. The van der Waals surface area contributed by atoms with Crippen LogP contribution in [0.1, 0.15) is 18.4 Å². The molecule has 0 saturated carbocycles. The van der Waals surface area contributed by atoms with Crippen LogP contribution in [0.15, 0.2) is 29.2 Å². The van der Waals surface area contributed by atoms with Gasteiger partial charge in [0.25, 0.3) is 9.05 Å². The van der Waals surface area contributed by atoms with Crippen molar-refractivity contribution >= 4 is 25.7 Å². The molecule has 1 aromatic carbocycles. The SMILES string of the molecule is O=C(O)CCCc1cccc(S(=O)(=O)Cl)c1. The first-order valence-electron chi connectivity index (χ1n) is 4.65. The van der Waals surface area contributed by atoms with Crippen LogP contribution in [0.5, 0.6) is 0 Å². The Bertz CT molecular complexity index is 481. The Morgan fingerprint density at radius 1 is 1.38 bits per heavy atom. The van der Waals surface area contributed by atoms with Crippen LogP contribution in [0, 0.1) is 0 Å². The highest BCUT2D eigenvalue weighted by Crippen LogP contribution is 2.17. The Balaban J connectivity index is 2.72. The zero-order chi connectivity index (χ0) is 12.2. The topological polar surface area (TPSA) is 71.4 Å². The quantitative estimate of drug-likeness (QED) is 0.824. The summed E-state index contributed by atoms with van der Waals surface area (Å²) < 4.78 is 22.1. The molecule has 1 rings (SSSR count). The van der Waals surface area contributed by atoms with Gasteiger partial charge < -0.3 is 5.11 Å². The second-order valence-electron chi connectivity index (χ2n) is 3.33. The molecule has 0 amide bonds. The minimum absolute atomic E-state index is 0.0435. The number of carboxylic acids is 1. The average Bonchev–Trinajstić information content (AvgIpc) is 2.16. The summed E-state index contributed by atoms with van der Waals surface area (Å²) in [4.78, 5) is 10.3. The second kappa shape index (κ2) is 5.32. The van der Waals surface area contributed by atoms with Crippen LogP contribution in [-0.2, 0) is 20.3 Å². The molecule has 0 radical (unpaired) electrons. The summed E-state index contributed by atoms with van der Waals surface area (Å²) in [6.45, 7) is 0. The van der Waals surface area contributed by atoms with Crippen molar-refractivity contribution in [3.05, 3.63) is 29.8 Å². The summed E-state index contributed by atoms with van der Waals surface area (Å²) in [7, 11) is 1.48. The monoisotopic (exact) mass is 262 g/mol. The number of aliphatic carboxylic acids is 1. The van der Waals surface area contributed by atoms with Gasteiger partial charge in [0.1, 0.15) is 0 Å². The van der Waals surface area contributed by atoms with Gasteiger partial charge in [-0.3, -0.25) is 4.79 Å². The Morgan fingerprint density at radius 3 is 2.62 bits per heavy atom. The fraction of sp³-hybridized carbons (Fsp3) is 0.300. The molecular formula is C10H11ClO4S. The van der Waals surface area contributed by atoms with Crippen molar-refractivity contribution in [2.45, 2.75) is 24.2 Å². The molecular weight excluding hydrogens is 252 g/mol. The van der Waals surface area contributed by atoms with Gasteiger partial charge in [-0.2, -0.15) is 0 Å². The first kappa shape index (κ1) is 13.0. The summed E-state index contributed by atoms with van der Waals surface area (Å²) in [6, 6.07) is 6.20. The minimum atomic E-state index is -3.71. The Hall–Kier alpha value is -1.07. The van der Waals surface area contributed by atoms with Crippen LogP contribution >= 0.6 is 10.7 Å². The van der Waals surface area contributed by atoms with E-state index in [1.54, 1.807) is 12.1 Å². The number of benzene rings is 1. The highest BCUT2D eigenvalue weighted by atomic mass is 35.7. The Morgan fingerprint density at radius 2 is 2.06 bits per heavy atom. The summed E-state index contributed by atoms with van der Waals surface area (Å²) >= 11 is 0. The zero-order valence-electron chi connectivity index (χ0n) is 8.39. The molecule has 4 nitrogen and oxygen atoms in total. The van der Waals surface area contributed by atoms with E-state index in [1.807, 2.05) is 0 Å². The van der Waals surface area contributed by atoms with Gasteiger partial charge in [0.15, 0.2) is 0 Å². The first-order chi connectivity index (χ1) is 7.39. The van der Waals surface area contributed by atoms with E-state index in [0.29, 0.717) is 12.8 Å². The predicted octanol–water partition coefficient (Wildman–Crippen LogP) is 2.02. The van der Waals surface area contributed by atoms with E-state index in [1.165, 1.54) is 12.1 Å². The molecule has 0 spiro atoms. The fourth-order valence-electron chi connectivity index (χ4n) is 1.30. The van der Waals surface area contributed by atoms with Crippen LogP contribution < -0.4 is 0 Å². The largest absolute Gasteiger partial charge is 0.481 e. The van der Waals surface area contributed by atoms with Crippen LogP contribution in [0.2, 0.25) is 0 Å². The van der Waals surface area contributed by atoms with E-state index < -0.39 is 15.0 Å². The highest BCUT2D eigenvalue weighted by molar-refractivity contribution is 8.13. The third-order valence-electron chi connectivity index (χ3n) is 2.04. The number of carboxylic acid groups (broad SMARTS) is 1. The Labute approximate surface area is 98.3 Å². The van der Waals surface area contributed by atoms with E-state index in [4.69, 9.17) is 15.8 Å². The smallest absolute Gasteiger partial charge is 0.303 e. The number of hydrogen-bond acceptors (Lipinski definition) is 3. The molecule has 88 valence electrons. The first-order valence-corrected chi connectivity index (χ1v) is 6.96. The predicted molar refractivity (Wildman–Crippen MR) is 60.1 cm³/mol. The lowest BCUT2D eigenvalue weighted by molar-refractivity contribution is -0.137. The van der Waals surface area contributed by atoms with Crippen LogP contribution in [0.4, 0.5) is 0 Å². The zero-order valence-corrected chi connectivity index (χ0v) is 9.96. The number of carbonyl (C=O) groups is 1. The molecule has 16 heavy (non-hydrogen) atoms. The lowest BCUT2D eigenvalue weighted by Gasteiger charge is -2.01. The van der Waals surface area contributed by atoms with E-state index in [9.17, 15) is 13.2 Å². The third-order valence-corrected chi connectivity index (χ3v) is 3.39.